The van der Waals surface area contributed by atoms with Gasteiger partial charge in [-0.25, -0.2) is 9.98 Å². The van der Waals surface area contributed by atoms with Crippen molar-refractivity contribution in [2.75, 3.05) is 46.5 Å². The second-order valence-electron chi connectivity index (χ2n) is 6.72. The molecular formula is C21H40IN5O2. The summed E-state index contributed by atoms with van der Waals surface area (Å²) in [5, 5.41) is 6.83. The molecule has 29 heavy (non-hydrogen) atoms. The van der Waals surface area contributed by atoms with E-state index in [0.29, 0.717) is 31.7 Å². The third-order valence-electron chi connectivity index (χ3n) is 4.52. The molecule has 0 saturated heterocycles. The summed E-state index contributed by atoms with van der Waals surface area (Å²) in [4.78, 5) is 11.5. The molecule has 8 heteroatoms. The van der Waals surface area contributed by atoms with E-state index in [1.54, 1.807) is 13.3 Å². The van der Waals surface area contributed by atoms with Crippen LogP contribution in [0.1, 0.15) is 46.1 Å². The number of halogens is 1. The lowest BCUT2D eigenvalue weighted by molar-refractivity contribution is 0.143. The van der Waals surface area contributed by atoms with Crippen LogP contribution in [-0.2, 0) is 11.3 Å². The highest BCUT2D eigenvalue weighted by Crippen LogP contribution is 2.15. The molecule has 0 saturated carbocycles. The number of hydrogen-bond donors (Lipinski definition) is 2. The summed E-state index contributed by atoms with van der Waals surface area (Å²) < 4.78 is 10.7. The Morgan fingerprint density at radius 2 is 2.00 bits per heavy atom. The van der Waals surface area contributed by atoms with Gasteiger partial charge in [0, 0.05) is 31.5 Å². The molecule has 0 aromatic carbocycles. The van der Waals surface area contributed by atoms with E-state index in [9.17, 15) is 0 Å². The lowest BCUT2D eigenvalue weighted by Gasteiger charge is -2.21. The van der Waals surface area contributed by atoms with Crippen LogP contribution in [-0.4, -0.2) is 68.4 Å². The van der Waals surface area contributed by atoms with Gasteiger partial charge in [0.05, 0.1) is 13.2 Å². The number of aliphatic imine (C=N–C) groups is 1. The number of ether oxygens (including phenoxy) is 2. The van der Waals surface area contributed by atoms with Crippen LogP contribution in [0.5, 0.6) is 5.88 Å². The van der Waals surface area contributed by atoms with Gasteiger partial charge >= 0.3 is 0 Å². The number of pyridine rings is 1. The molecule has 168 valence electrons. The van der Waals surface area contributed by atoms with Gasteiger partial charge < -0.3 is 25.0 Å². The summed E-state index contributed by atoms with van der Waals surface area (Å²) in [6, 6.07) is 4.26. The van der Waals surface area contributed by atoms with Crippen LogP contribution >= 0.6 is 24.0 Å². The molecule has 1 rings (SSSR count). The molecule has 0 aliphatic rings. The highest BCUT2D eigenvalue weighted by atomic mass is 127. The number of hydrogen-bond acceptors (Lipinski definition) is 5. The summed E-state index contributed by atoms with van der Waals surface area (Å²) in [6.07, 6.45) is 4.02. The Morgan fingerprint density at radius 1 is 1.24 bits per heavy atom. The van der Waals surface area contributed by atoms with E-state index >= 15 is 0 Å². The third-order valence-corrected chi connectivity index (χ3v) is 4.52. The molecule has 1 aromatic heterocycles. The Balaban J connectivity index is 0.00000784. The standard InChI is InChI=1S/C21H39N5O2.HI/c1-6-22-21(25-18(4)11-10-14-26(7-2)8-3)24-17-19-12-9-13-23-20(19)28-16-15-27-5;/h9,12-13,18H,6-8,10-11,14-17H2,1-5H3,(H2,22,24,25);1H. The van der Waals surface area contributed by atoms with Crippen LogP contribution in [0.4, 0.5) is 0 Å². The Morgan fingerprint density at radius 3 is 2.66 bits per heavy atom. The topological polar surface area (TPSA) is 71.0 Å². The highest BCUT2D eigenvalue weighted by Gasteiger charge is 2.08. The Labute approximate surface area is 194 Å². The van der Waals surface area contributed by atoms with E-state index in [-0.39, 0.29) is 24.0 Å². The molecule has 2 N–H and O–H groups in total. The van der Waals surface area contributed by atoms with Crippen LogP contribution in [0.2, 0.25) is 0 Å². The van der Waals surface area contributed by atoms with Crippen LogP contribution in [0.25, 0.3) is 0 Å². The average molecular weight is 521 g/mol. The van der Waals surface area contributed by atoms with Crippen molar-refractivity contribution in [3.05, 3.63) is 23.9 Å². The summed E-state index contributed by atoms with van der Waals surface area (Å²) in [5.74, 6) is 1.44. The lowest BCUT2D eigenvalue weighted by Crippen LogP contribution is -2.42. The van der Waals surface area contributed by atoms with E-state index in [0.717, 1.165) is 44.1 Å². The van der Waals surface area contributed by atoms with E-state index in [2.05, 4.69) is 48.2 Å². The quantitative estimate of drug-likeness (QED) is 0.170. The van der Waals surface area contributed by atoms with Crippen molar-refractivity contribution < 1.29 is 9.47 Å². The van der Waals surface area contributed by atoms with Gasteiger partial charge in [0.2, 0.25) is 5.88 Å². The van der Waals surface area contributed by atoms with Gasteiger partial charge in [-0.1, -0.05) is 19.9 Å². The molecule has 1 heterocycles. The number of nitrogens with zero attached hydrogens (tertiary/aromatic N) is 3. The first kappa shape index (κ1) is 27.9. The molecule has 1 unspecified atom stereocenters. The number of guanidine groups is 1. The Kier molecular flexibility index (Phi) is 17.0. The molecule has 0 aliphatic heterocycles. The van der Waals surface area contributed by atoms with Crippen molar-refractivity contribution >= 4 is 29.9 Å². The molecule has 0 spiro atoms. The van der Waals surface area contributed by atoms with Gasteiger partial charge in [-0.05, 0) is 52.4 Å². The second kappa shape index (κ2) is 17.7. The Bertz CT molecular complexity index is 556. The zero-order valence-electron chi connectivity index (χ0n) is 18.7. The number of aromatic nitrogens is 1. The third kappa shape index (κ3) is 12.2. The van der Waals surface area contributed by atoms with E-state index in [1.165, 1.54) is 6.42 Å². The zero-order chi connectivity index (χ0) is 20.6. The molecule has 0 amide bonds. The molecule has 0 fully saturated rings. The Hall–Kier alpha value is -1.13. The monoisotopic (exact) mass is 521 g/mol. The SMILES string of the molecule is CCNC(=NCc1cccnc1OCCOC)NC(C)CCCN(CC)CC.I. The summed E-state index contributed by atoms with van der Waals surface area (Å²) in [6.45, 7) is 14.4. The molecule has 1 atom stereocenters. The fraction of sp³-hybridized carbons (Fsp3) is 0.714. The zero-order valence-corrected chi connectivity index (χ0v) is 21.1. The molecular weight excluding hydrogens is 481 g/mol. The largest absolute Gasteiger partial charge is 0.475 e. The van der Waals surface area contributed by atoms with E-state index in [4.69, 9.17) is 14.5 Å². The lowest BCUT2D eigenvalue weighted by atomic mass is 10.2. The summed E-state index contributed by atoms with van der Waals surface area (Å²) in [7, 11) is 1.66. The maximum Gasteiger partial charge on any atom is 0.218 e. The van der Waals surface area contributed by atoms with Crippen molar-refractivity contribution in [1.82, 2.24) is 20.5 Å². The normalized spacial score (nSPS) is 12.4. The minimum absolute atomic E-state index is 0. The summed E-state index contributed by atoms with van der Waals surface area (Å²) >= 11 is 0. The number of methoxy groups -OCH3 is 1. The minimum atomic E-state index is 0. The molecule has 0 aliphatic carbocycles. The van der Waals surface area contributed by atoms with Crippen LogP contribution in [0.3, 0.4) is 0 Å². The van der Waals surface area contributed by atoms with Crippen molar-refractivity contribution in [3.8, 4) is 5.88 Å². The van der Waals surface area contributed by atoms with E-state index in [1.807, 2.05) is 12.1 Å². The second-order valence-corrected chi connectivity index (χ2v) is 6.72. The van der Waals surface area contributed by atoms with Crippen molar-refractivity contribution in [2.24, 2.45) is 4.99 Å². The first-order valence-electron chi connectivity index (χ1n) is 10.5. The van der Waals surface area contributed by atoms with Crippen LogP contribution < -0.4 is 15.4 Å². The van der Waals surface area contributed by atoms with Gasteiger partial charge in [0.1, 0.15) is 6.61 Å². The first-order chi connectivity index (χ1) is 13.6. The molecule has 0 bridgehead atoms. The van der Waals surface area contributed by atoms with Crippen LogP contribution in [0, 0.1) is 0 Å². The maximum atomic E-state index is 5.70. The average Bonchev–Trinajstić information content (AvgIpc) is 2.70. The predicted octanol–water partition coefficient (Wildman–Crippen LogP) is 3.29. The van der Waals surface area contributed by atoms with Gasteiger partial charge in [-0.3, -0.25) is 0 Å². The predicted molar refractivity (Wildman–Crippen MR) is 131 cm³/mol. The number of rotatable bonds is 14. The molecule has 1 aromatic rings. The number of nitrogens with one attached hydrogen (secondary N) is 2. The maximum absolute atomic E-state index is 5.70. The van der Waals surface area contributed by atoms with E-state index < -0.39 is 0 Å². The fourth-order valence-electron chi connectivity index (χ4n) is 2.85. The fourth-order valence-corrected chi connectivity index (χ4v) is 2.85. The van der Waals surface area contributed by atoms with Crippen molar-refractivity contribution in [3.63, 3.8) is 0 Å². The van der Waals surface area contributed by atoms with Gasteiger partial charge in [-0.2, -0.15) is 0 Å². The minimum Gasteiger partial charge on any atom is -0.475 e. The van der Waals surface area contributed by atoms with Gasteiger partial charge in [-0.15, -0.1) is 24.0 Å². The molecule has 7 nitrogen and oxygen atoms in total. The summed E-state index contributed by atoms with van der Waals surface area (Å²) in [5.41, 5.74) is 0.963. The highest BCUT2D eigenvalue weighted by molar-refractivity contribution is 14.0. The smallest absolute Gasteiger partial charge is 0.218 e. The first-order valence-corrected chi connectivity index (χ1v) is 10.5. The van der Waals surface area contributed by atoms with Crippen molar-refractivity contribution in [1.29, 1.82) is 0 Å². The van der Waals surface area contributed by atoms with Gasteiger partial charge in [0.15, 0.2) is 5.96 Å². The molecule has 0 radical (unpaired) electrons. The van der Waals surface area contributed by atoms with Gasteiger partial charge in [0.25, 0.3) is 0 Å². The van der Waals surface area contributed by atoms with Crippen molar-refractivity contribution in [2.45, 2.75) is 53.1 Å². The van der Waals surface area contributed by atoms with Crippen LogP contribution in [0.15, 0.2) is 23.3 Å².